The number of aromatic carboxylic acids is 1. The van der Waals surface area contributed by atoms with Crippen LogP contribution in [0.15, 0.2) is 42.5 Å². The number of carboxylic acid groups (broad SMARTS) is 1. The minimum absolute atomic E-state index is 0.0369. The molecule has 2 rings (SSSR count). The van der Waals surface area contributed by atoms with E-state index >= 15 is 0 Å². The highest BCUT2D eigenvalue weighted by Crippen LogP contribution is 2.19. The molecule has 0 aliphatic carbocycles. The molecular formula is C16H11ClO4. The van der Waals surface area contributed by atoms with Gasteiger partial charge in [0.2, 0.25) is 0 Å². The monoisotopic (exact) mass is 302 g/mol. The Morgan fingerprint density at radius 3 is 2.00 bits per heavy atom. The van der Waals surface area contributed by atoms with Crippen molar-refractivity contribution >= 4 is 29.1 Å². The molecule has 0 fully saturated rings. The van der Waals surface area contributed by atoms with Crippen molar-refractivity contribution in [2.45, 2.75) is 6.92 Å². The molecule has 0 aliphatic rings. The van der Waals surface area contributed by atoms with Gasteiger partial charge in [-0.3, -0.25) is 9.59 Å². The van der Waals surface area contributed by atoms with Gasteiger partial charge in [-0.2, -0.15) is 0 Å². The van der Waals surface area contributed by atoms with Crippen LogP contribution in [-0.2, 0) is 0 Å². The molecule has 2 aromatic carbocycles. The zero-order valence-electron chi connectivity index (χ0n) is 11.1. The fourth-order valence-electron chi connectivity index (χ4n) is 1.89. The van der Waals surface area contributed by atoms with Crippen LogP contribution in [0.5, 0.6) is 0 Å². The molecule has 0 radical (unpaired) electrons. The second-order valence-electron chi connectivity index (χ2n) is 4.46. The second kappa shape index (κ2) is 5.89. The highest BCUT2D eigenvalue weighted by Gasteiger charge is 2.19. The van der Waals surface area contributed by atoms with E-state index in [4.69, 9.17) is 11.6 Å². The van der Waals surface area contributed by atoms with E-state index in [0.29, 0.717) is 10.6 Å². The van der Waals surface area contributed by atoms with Gasteiger partial charge in [0.25, 0.3) is 0 Å². The molecule has 0 saturated heterocycles. The van der Waals surface area contributed by atoms with Gasteiger partial charge in [-0.05, 0) is 43.3 Å². The van der Waals surface area contributed by atoms with Gasteiger partial charge in [0.1, 0.15) is 0 Å². The van der Waals surface area contributed by atoms with Gasteiger partial charge >= 0.3 is 5.97 Å². The summed E-state index contributed by atoms with van der Waals surface area (Å²) in [5.74, 6) is -1.95. The number of benzene rings is 2. The van der Waals surface area contributed by atoms with Gasteiger partial charge in [0.15, 0.2) is 11.6 Å². The summed E-state index contributed by atoms with van der Waals surface area (Å²) in [6.45, 7) is 1.33. The Balaban J connectivity index is 2.52. The lowest BCUT2D eigenvalue weighted by atomic mass is 9.95. The van der Waals surface area contributed by atoms with Gasteiger partial charge in [-0.15, -0.1) is 0 Å². The smallest absolute Gasteiger partial charge is 0.336 e. The maximum absolute atomic E-state index is 12.4. The van der Waals surface area contributed by atoms with Crippen molar-refractivity contribution in [3.8, 4) is 0 Å². The molecule has 21 heavy (non-hydrogen) atoms. The van der Waals surface area contributed by atoms with E-state index < -0.39 is 11.8 Å². The molecule has 5 heteroatoms. The minimum atomic E-state index is -1.25. The molecule has 0 aromatic heterocycles. The molecular weight excluding hydrogens is 292 g/mol. The molecule has 0 saturated carbocycles. The van der Waals surface area contributed by atoms with Gasteiger partial charge in [0, 0.05) is 21.7 Å². The number of carbonyl (C=O) groups is 3. The minimum Gasteiger partial charge on any atom is -0.478 e. The van der Waals surface area contributed by atoms with Crippen molar-refractivity contribution in [3.05, 3.63) is 69.7 Å². The maximum atomic E-state index is 12.4. The first-order valence-corrected chi connectivity index (χ1v) is 6.46. The summed E-state index contributed by atoms with van der Waals surface area (Å²) in [5.41, 5.74) is 0.426. The molecule has 106 valence electrons. The van der Waals surface area contributed by atoms with Crippen LogP contribution < -0.4 is 0 Å². The number of carbonyl (C=O) groups excluding carboxylic acids is 2. The van der Waals surface area contributed by atoms with Crippen molar-refractivity contribution in [1.82, 2.24) is 0 Å². The molecule has 0 heterocycles. The predicted molar refractivity (Wildman–Crippen MR) is 78.3 cm³/mol. The SMILES string of the molecule is CC(=O)c1ccc(C(=O)c2ccc(Cl)cc2)c(C(=O)O)c1. The van der Waals surface area contributed by atoms with Crippen LogP contribution in [0.1, 0.15) is 43.6 Å². The fraction of sp³-hybridized carbons (Fsp3) is 0.0625. The Morgan fingerprint density at radius 1 is 0.905 bits per heavy atom. The summed E-state index contributed by atoms with van der Waals surface area (Å²) >= 11 is 5.76. The van der Waals surface area contributed by atoms with Crippen LogP contribution >= 0.6 is 11.6 Å². The third-order valence-corrected chi connectivity index (χ3v) is 3.26. The average Bonchev–Trinajstić information content (AvgIpc) is 2.46. The van der Waals surface area contributed by atoms with Gasteiger partial charge in [-0.25, -0.2) is 4.79 Å². The van der Waals surface area contributed by atoms with E-state index in [0.717, 1.165) is 0 Å². The zero-order chi connectivity index (χ0) is 15.6. The molecule has 0 amide bonds. The molecule has 4 nitrogen and oxygen atoms in total. The third kappa shape index (κ3) is 3.17. The Kier molecular flexibility index (Phi) is 4.19. The van der Waals surface area contributed by atoms with Crippen molar-refractivity contribution in [1.29, 1.82) is 0 Å². The predicted octanol–water partition coefficient (Wildman–Crippen LogP) is 3.47. The Labute approximate surface area is 126 Å². The summed E-state index contributed by atoms with van der Waals surface area (Å²) in [4.78, 5) is 35.0. The quantitative estimate of drug-likeness (QED) is 0.878. The Hall–Kier alpha value is -2.46. The molecule has 0 atom stereocenters. The van der Waals surface area contributed by atoms with E-state index in [-0.39, 0.29) is 22.5 Å². The first-order chi connectivity index (χ1) is 9.90. The first-order valence-electron chi connectivity index (χ1n) is 6.08. The van der Waals surface area contributed by atoms with Gasteiger partial charge in [-0.1, -0.05) is 17.7 Å². The molecule has 0 unspecified atom stereocenters. The topological polar surface area (TPSA) is 71.4 Å². The summed E-state index contributed by atoms with van der Waals surface area (Å²) < 4.78 is 0. The van der Waals surface area contributed by atoms with Crippen LogP contribution in [0.25, 0.3) is 0 Å². The highest BCUT2D eigenvalue weighted by molar-refractivity contribution is 6.30. The number of rotatable bonds is 4. The summed E-state index contributed by atoms with van der Waals surface area (Å²) in [6.07, 6.45) is 0. The molecule has 0 bridgehead atoms. The van der Waals surface area contributed by atoms with Gasteiger partial charge in [0.05, 0.1) is 5.56 Å². The largest absolute Gasteiger partial charge is 0.478 e. The van der Waals surface area contributed by atoms with Crippen LogP contribution in [0.4, 0.5) is 0 Å². The number of carboxylic acids is 1. The number of halogens is 1. The van der Waals surface area contributed by atoms with Crippen molar-refractivity contribution in [2.75, 3.05) is 0 Å². The summed E-state index contributed by atoms with van der Waals surface area (Å²) in [6, 6.07) is 10.2. The lowest BCUT2D eigenvalue weighted by molar-refractivity contribution is 0.0693. The van der Waals surface area contributed by atoms with Crippen molar-refractivity contribution in [2.24, 2.45) is 0 Å². The van der Waals surface area contributed by atoms with E-state index in [9.17, 15) is 19.5 Å². The number of Topliss-reactive ketones (excluding diaryl/α,β-unsaturated/α-hetero) is 1. The van der Waals surface area contributed by atoms with Gasteiger partial charge < -0.3 is 5.11 Å². The maximum Gasteiger partial charge on any atom is 0.336 e. The van der Waals surface area contributed by atoms with E-state index in [1.165, 1.54) is 37.3 Å². The first kappa shape index (κ1) is 14.9. The van der Waals surface area contributed by atoms with Crippen LogP contribution in [0.3, 0.4) is 0 Å². The lowest BCUT2D eigenvalue weighted by Gasteiger charge is -2.07. The third-order valence-electron chi connectivity index (χ3n) is 3.01. The molecule has 0 spiro atoms. The van der Waals surface area contributed by atoms with Crippen LogP contribution in [-0.4, -0.2) is 22.6 Å². The van der Waals surface area contributed by atoms with E-state index in [2.05, 4.69) is 0 Å². The van der Waals surface area contributed by atoms with Crippen molar-refractivity contribution in [3.63, 3.8) is 0 Å². The molecule has 1 N–H and O–H groups in total. The average molecular weight is 303 g/mol. The zero-order valence-corrected chi connectivity index (χ0v) is 11.8. The fourth-order valence-corrected chi connectivity index (χ4v) is 2.02. The highest BCUT2D eigenvalue weighted by atomic mass is 35.5. The summed E-state index contributed by atoms with van der Waals surface area (Å²) in [7, 11) is 0. The van der Waals surface area contributed by atoms with Crippen molar-refractivity contribution < 1.29 is 19.5 Å². The number of ketones is 2. The Bertz CT molecular complexity index is 732. The van der Waals surface area contributed by atoms with E-state index in [1.54, 1.807) is 12.1 Å². The number of hydrogen-bond acceptors (Lipinski definition) is 3. The Morgan fingerprint density at radius 2 is 1.48 bits per heavy atom. The lowest BCUT2D eigenvalue weighted by Crippen LogP contribution is -2.11. The standard InChI is InChI=1S/C16H11ClO4/c1-9(18)11-4-7-13(14(8-11)16(20)21)15(19)10-2-5-12(17)6-3-10/h2-8H,1H3,(H,20,21). The molecule has 0 aliphatic heterocycles. The van der Waals surface area contributed by atoms with Crippen LogP contribution in [0, 0.1) is 0 Å². The number of hydrogen-bond donors (Lipinski definition) is 1. The van der Waals surface area contributed by atoms with Crippen LogP contribution in [0.2, 0.25) is 5.02 Å². The second-order valence-corrected chi connectivity index (χ2v) is 4.89. The summed E-state index contributed by atoms with van der Waals surface area (Å²) in [5, 5.41) is 9.71. The normalized spacial score (nSPS) is 10.2. The van der Waals surface area contributed by atoms with E-state index in [1.807, 2.05) is 0 Å². The molecule has 2 aromatic rings.